The number of rotatable bonds is 0. The maximum Gasteiger partial charge on any atom is 0.135 e. The van der Waals surface area contributed by atoms with E-state index in [1.807, 2.05) is 0 Å². The van der Waals surface area contributed by atoms with Crippen molar-refractivity contribution < 1.29 is 4.42 Å². The standard InChI is InChI=1S/C16H16O/c1-11-4-5-12-13-6-8-16(2,3)9-7-14(13)17-15(12)10-11/h4-10H,1-3H3. The molecule has 0 fully saturated rings. The average Bonchev–Trinajstić information content (AvgIpc) is 2.53. The molecule has 0 spiro atoms. The molecule has 1 aromatic carbocycles. The lowest BCUT2D eigenvalue weighted by atomic mass is 9.93. The summed E-state index contributed by atoms with van der Waals surface area (Å²) in [4.78, 5) is 0. The van der Waals surface area contributed by atoms with E-state index < -0.39 is 0 Å². The first-order chi connectivity index (χ1) is 8.05. The van der Waals surface area contributed by atoms with Crippen molar-refractivity contribution in [3.63, 3.8) is 0 Å². The zero-order chi connectivity index (χ0) is 12.0. The lowest BCUT2D eigenvalue weighted by Gasteiger charge is -2.12. The SMILES string of the molecule is Cc1ccc2c3c(oc2c1)C=CC(C)(C)C=C3. The molecule has 0 unspecified atom stereocenters. The molecule has 2 aromatic rings. The highest BCUT2D eigenvalue weighted by Gasteiger charge is 2.17. The van der Waals surface area contributed by atoms with E-state index in [0.29, 0.717) is 0 Å². The van der Waals surface area contributed by atoms with Gasteiger partial charge in [0.1, 0.15) is 11.3 Å². The summed E-state index contributed by atoms with van der Waals surface area (Å²) < 4.78 is 5.91. The third-order valence-corrected chi connectivity index (χ3v) is 3.26. The van der Waals surface area contributed by atoms with Crippen LogP contribution in [0.1, 0.15) is 30.7 Å². The second kappa shape index (κ2) is 3.36. The summed E-state index contributed by atoms with van der Waals surface area (Å²) in [6.07, 6.45) is 8.68. The average molecular weight is 224 g/mol. The number of benzene rings is 1. The van der Waals surface area contributed by atoms with Crippen LogP contribution in [0.5, 0.6) is 0 Å². The highest BCUT2D eigenvalue weighted by molar-refractivity contribution is 5.92. The minimum atomic E-state index is 0.0958. The lowest BCUT2D eigenvalue weighted by Crippen LogP contribution is -2.00. The summed E-state index contributed by atoms with van der Waals surface area (Å²) >= 11 is 0. The van der Waals surface area contributed by atoms with Crippen molar-refractivity contribution in [2.24, 2.45) is 5.41 Å². The predicted octanol–water partition coefficient (Wildman–Crippen LogP) is 4.81. The molecule has 0 radical (unpaired) electrons. The number of hydrogen-bond donors (Lipinski definition) is 0. The maximum atomic E-state index is 5.91. The van der Waals surface area contributed by atoms with Gasteiger partial charge in [-0.05, 0) is 24.6 Å². The topological polar surface area (TPSA) is 13.1 Å². The lowest BCUT2D eigenvalue weighted by molar-refractivity contribution is 0.599. The van der Waals surface area contributed by atoms with Gasteiger partial charge in [-0.1, -0.05) is 44.2 Å². The van der Waals surface area contributed by atoms with E-state index in [-0.39, 0.29) is 5.41 Å². The smallest absolute Gasteiger partial charge is 0.135 e. The first-order valence-corrected chi connectivity index (χ1v) is 5.97. The van der Waals surface area contributed by atoms with Gasteiger partial charge in [-0.25, -0.2) is 0 Å². The summed E-state index contributed by atoms with van der Waals surface area (Å²) in [7, 11) is 0. The molecule has 1 aromatic heterocycles. The van der Waals surface area contributed by atoms with E-state index in [2.05, 4.69) is 63.3 Å². The molecule has 86 valence electrons. The molecule has 0 atom stereocenters. The Hall–Kier alpha value is -1.76. The van der Waals surface area contributed by atoms with Gasteiger partial charge in [0.25, 0.3) is 0 Å². The van der Waals surface area contributed by atoms with Crippen molar-refractivity contribution in [1.29, 1.82) is 0 Å². The molecule has 0 N–H and O–H groups in total. The predicted molar refractivity (Wildman–Crippen MR) is 72.8 cm³/mol. The van der Waals surface area contributed by atoms with Crippen LogP contribution in [0.25, 0.3) is 23.1 Å². The van der Waals surface area contributed by atoms with Gasteiger partial charge in [0.05, 0.1) is 0 Å². The molecule has 3 rings (SSSR count). The van der Waals surface area contributed by atoms with Gasteiger partial charge in [-0.2, -0.15) is 0 Å². The third-order valence-electron chi connectivity index (χ3n) is 3.26. The zero-order valence-electron chi connectivity index (χ0n) is 10.4. The van der Waals surface area contributed by atoms with Gasteiger partial charge < -0.3 is 4.42 Å². The van der Waals surface area contributed by atoms with Crippen LogP contribution in [0.4, 0.5) is 0 Å². The highest BCUT2D eigenvalue weighted by Crippen LogP contribution is 2.34. The van der Waals surface area contributed by atoms with Gasteiger partial charge in [0.2, 0.25) is 0 Å². The molecule has 1 aliphatic rings. The number of allylic oxidation sites excluding steroid dienone is 2. The van der Waals surface area contributed by atoms with Crippen LogP contribution in [0.15, 0.2) is 34.8 Å². The monoisotopic (exact) mass is 224 g/mol. The Morgan fingerprint density at radius 2 is 1.82 bits per heavy atom. The van der Waals surface area contributed by atoms with Crippen molar-refractivity contribution in [2.45, 2.75) is 20.8 Å². The van der Waals surface area contributed by atoms with Crippen molar-refractivity contribution in [2.75, 3.05) is 0 Å². The molecule has 1 aliphatic carbocycles. The Bertz CT molecular complexity index is 639. The van der Waals surface area contributed by atoms with Crippen LogP contribution in [0.3, 0.4) is 0 Å². The Balaban J connectivity index is 2.28. The molecule has 0 saturated carbocycles. The quantitative estimate of drug-likeness (QED) is 0.626. The highest BCUT2D eigenvalue weighted by atomic mass is 16.3. The summed E-state index contributed by atoms with van der Waals surface area (Å²) in [5, 5.41) is 1.20. The molecule has 1 nitrogen and oxygen atoms in total. The maximum absolute atomic E-state index is 5.91. The molecule has 0 aliphatic heterocycles. The van der Waals surface area contributed by atoms with Crippen LogP contribution in [0.2, 0.25) is 0 Å². The fourth-order valence-electron chi connectivity index (χ4n) is 2.18. The zero-order valence-corrected chi connectivity index (χ0v) is 10.4. The van der Waals surface area contributed by atoms with E-state index in [4.69, 9.17) is 4.42 Å². The molecule has 1 heterocycles. The van der Waals surface area contributed by atoms with Crippen molar-refractivity contribution in [3.05, 3.63) is 47.2 Å². The van der Waals surface area contributed by atoms with Gasteiger partial charge in [0.15, 0.2) is 0 Å². The third kappa shape index (κ3) is 1.72. The fraction of sp³-hybridized carbons (Fsp3) is 0.250. The van der Waals surface area contributed by atoms with Crippen molar-refractivity contribution in [3.8, 4) is 0 Å². The van der Waals surface area contributed by atoms with Gasteiger partial charge >= 0.3 is 0 Å². The fourth-order valence-corrected chi connectivity index (χ4v) is 2.18. The Morgan fingerprint density at radius 1 is 1.06 bits per heavy atom. The van der Waals surface area contributed by atoms with E-state index in [0.717, 1.165) is 11.3 Å². The van der Waals surface area contributed by atoms with Crippen molar-refractivity contribution in [1.82, 2.24) is 0 Å². The molecular weight excluding hydrogens is 208 g/mol. The van der Waals surface area contributed by atoms with Gasteiger partial charge in [-0.15, -0.1) is 0 Å². The molecule has 17 heavy (non-hydrogen) atoms. The molecule has 0 bridgehead atoms. The molecule has 0 amide bonds. The Kier molecular flexibility index (Phi) is 2.06. The second-order valence-electron chi connectivity index (χ2n) is 5.37. The van der Waals surface area contributed by atoms with Crippen LogP contribution in [-0.4, -0.2) is 0 Å². The largest absolute Gasteiger partial charge is 0.456 e. The van der Waals surface area contributed by atoms with Gasteiger partial charge in [-0.3, -0.25) is 0 Å². The van der Waals surface area contributed by atoms with Crippen molar-refractivity contribution >= 4 is 23.1 Å². The number of aryl methyl sites for hydroxylation is 1. The molecular formula is C16H16O. The number of fused-ring (bicyclic) bond motifs is 3. The summed E-state index contributed by atoms with van der Waals surface area (Å²) in [6, 6.07) is 6.37. The Labute approximate surface area is 101 Å². The van der Waals surface area contributed by atoms with Gasteiger partial charge in [0, 0.05) is 16.4 Å². The van der Waals surface area contributed by atoms with Crippen LogP contribution in [0, 0.1) is 12.3 Å². The number of hydrogen-bond acceptors (Lipinski definition) is 1. The summed E-state index contributed by atoms with van der Waals surface area (Å²) in [5.41, 5.74) is 3.50. The van der Waals surface area contributed by atoms with E-state index in [1.165, 1.54) is 16.5 Å². The summed E-state index contributed by atoms with van der Waals surface area (Å²) in [6.45, 7) is 6.47. The first kappa shape index (κ1) is 10.4. The minimum absolute atomic E-state index is 0.0958. The number of furan rings is 1. The van der Waals surface area contributed by atoms with E-state index in [9.17, 15) is 0 Å². The normalized spacial score (nSPS) is 17.1. The van der Waals surface area contributed by atoms with Crippen LogP contribution < -0.4 is 0 Å². The van der Waals surface area contributed by atoms with Crippen LogP contribution >= 0.6 is 0 Å². The first-order valence-electron chi connectivity index (χ1n) is 5.97. The second-order valence-corrected chi connectivity index (χ2v) is 5.37. The molecule has 1 heteroatoms. The van der Waals surface area contributed by atoms with E-state index >= 15 is 0 Å². The Morgan fingerprint density at radius 3 is 2.65 bits per heavy atom. The van der Waals surface area contributed by atoms with Crippen LogP contribution in [-0.2, 0) is 0 Å². The molecule has 0 saturated heterocycles. The minimum Gasteiger partial charge on any atom is -0.456 e. The summed E-state index contributed by atoms with van der Waals surface area (Å²) in [5.74, 6) is 0.965. The van der Waals surface area contributed by atoms with E-state index in [1.54, 1.807) is 0 Å².